The minimum absolute atomic E-state index is 0. The average Bonchev–Trinajstić information content (AvgIpc) is 3.08. The van der Waals surface area contributed by atoms with Crippen LogP contribution in [-0.2, 0) is 19.5 Å². The van der Waals surface area contributed by atoms with Crippen molar-refractivity contribution in [3.05, 3.63) is 41.7 Å². The minimum atomic E-state index is -0.352. The Morgan fingerprint density at radius 1 is 1.46 bits per heavy atom. The summed E-state index contributed by atoms with van der Waals surface area (Å²) in [6.45, 7) is 3.51. The van der Waals surface area contributed by atoms with Crippen LogP contribution in [0.5, 0.6) is 5.75 Å². The van der Waals surface area contributed by atoms with E-state index < -0.39 is 0 Å². The maximum absolute atomic E-state index is 13.9. The highest BCUT2D eigenvalue weighted by Crippen LogP contribution is 2.18. The first-order chi connectivity index (χ1) is 12.2. The van der Waals surface area contributed by atoms with Crippen LogP contribution < -0.4 is 15.4 Å². The fraction of sp³-hybridized carbons (Fsp3) is 0.471. The maximum Gasteiger partial charge on any atom is 0.191 e. The molecule has 0 saturated heterocycles. The highest BCUT2D eigenvalue weighted by Gasteiger charge is 2.20. The van der Waals surface area contributed by atoms with Gasteiger partial charge in [0.05, 0.1) is 13.2 Å². The van der Waals surface area contributed by atoms with Gasteiger partial charge in [-0.2, -0.15) is 5.10 Å². The zero-order valence-electron chi connectivity index (χ0n) is 14.9. The molecule has 1 aromatic heterocycles. The zero-order valence-corrected chi connectivity index (χ0v) is 17.2. The van der Waals surface area contributed by atoms with Crippen LogP contribution in [0.15, 0.2) is 29.5 Å². The molecule has 1 aromatic carbocycles. The van der Waals surface area contributed by atoms with Crippen LogP contribution in [0, 0.1) is 5.82 Å². The molecule has 3 rings (SSSR count). The van der Waals surface area contributed by atoms with E-state index in [4.69, 9.17) is 4.74 Å². The van der Waals surface area contributed by atoms with Crippen molar-refractivity contribution in [1.29, 1.82) is 0 Å². The van der Waals surface area contributed by atoms with Crippen LogP contribution in [0.2, 0.25) is 0 Å². The summed E-state index contributed by atoms with van der Waals surface area (Å²) in [6.07, 6.45) is 3.45. The molecule has 1 aliphatic heterocycles. The number of halogens is 2. The molecule has 2 N–H and O–H groups in total. The molecular weight excluding hydrogens is 450 g/mol. The van der Waals surface area contributed by atoms with Gasteiger partial charge in [-0.25, -0.2) is 14.1 Å². The fourth-order valence-electron chi connectivity index (χ4n) is 2.86. The monoisotopic (exact) mass is 474 g/mol. The summed E-state index contributed by atoms with van der Waals surface area (Å²) in [7, 11) is 1.72. The van der Waals surface area contributed by atoms with Crippen LogP contribution in [0.1, 0.15) is 24.7 Å². The lowest BCUT2D eigenvalue weighted by Gasteiger charge is -2.25. The van der Waals surface area contributed by atoms with Gasteiger partial charge in [0.15, 0.2) is 17.5 Å². The molecule has 7 nitrogen and oxygen atoms in total. The first-order valence-corrected chi connectivity index (χ1v) is 8.44. The van der Waals surface area contributed by atoms with Crippen molar-refractivity contribution in [2.75, 3.05) is 13.7 Å². The molecule has 0 saturated carbocycles. The molecule has 0 spiro atoms. The first-order valence-electron chi connectivity index (χ1n) is 8.44. The number of guanidine groups is 1. The highest BCUT2D eigenvalue weighted by atomic mass is 127. The summed E-state index contributed by atoms with van der Waals surface area (Å²) >= 11 is 0. The van der Waals surface area contributed by atoms with Crippen molar-refractivity contribution in [2.45, 2.75) is 38.9 Å². The van der Waals surface area contributed by atoms with E-state index in [-0.39, 0.29) is 41.6 Å². The van der Waals surface area contributed by atoms with Gasteiger partial charge in [0, 0.05) is 26.1 Å². The second kappa shape index (κ2) is 9.70. The Kier molecular flexibility index (Phi) is 7.61. The lowest BCUT2D eigenvalue weighted by molar-refractivity contribution is 0.321. The Morgan fingerprint density at radius 3 is 3.04 bits per heavy atom. The Balaban J connectivity index is 0.00000243. The summed E-state index contributed by atoms with van der Waals surface area (Å²) in [4.78, 5) is 8.47. The summed E-state index contributed by atoms with van der Waals surface area (Å²) in [5, 5.41) is 10.8. The number of benzene rings is 1. The normalized spacial score (nSPS) is 16.4. The second-order valence-electron chi connectivity index (χ2n) is 5.86. The lowest BCUT2D eigenvalue weighted by atomic mass is 10.1. The van der Waals surface area contributed by atoms with Gasteiger partial charge in [-0.15, -0.1) is 24.0 Å². The molecule has 0 aliphatic carbocycles. The lowest BCUT2D eigenvalue weighted by Crippen LogP contribution is -2.46. The van der Waals surface area contributed by atoms with Gasteiger partial charge >= 0.3 is 0 Å². The topological polar surface area (TPSA) is 76.4 Å². The molecule has 26 heavy (non-hydrogen) atoms. The molecule has 0 radical (unpaired) electrons. The van der Waals surface area contributed by atoms with E-state index in [0.717, 1.165) is 30.8 Å². The largest absolute Gasteiger partial charge is 0.491 e. The third-order valence-electron chi connectivity index (χ3n) is 4.13. The predicted molar refractivity (Wildman–Crippen MR) is 108 cm³/mol. The van der Waals surface area contributed by atoms with Crippen LogP contribution in [0.3, 0.4) is 0 Å². The van der Waals surface area contributed by atoms with Crippen molar-refractivity contribution in [2.24, 2.45) is 4.99 Å². The standard InChI is InChI=1S/C17H23FN6O.HI/c1-3-25-15-6-4-12(8-14(15)18)9-20-17(19-2)23-13-5-7-16-21-11-22-24(16)10-13;/h4,6,8,11,13H,3,5,7,9-10H2,1-2H3,(H2,19,20,23);1H. The van der Waals surface area contributed by atoms with E-state index in [0.29, 0.717) is 19.1 Å². The van der Waals surface area contributed by atoms with E-state index in [1.54, 1.807) is 19.4 Å². The molecule has 9 heteroatoms. The molecule has 0 fully saturated rings. The number of nitrogens with zero attached hydrogens (tertiary/aromatic N) is 4. The number of ether oxygens (including phenoxy) is 1. The van der Waals surface area contributed by atoms with Gasteiger partial charge in [-0.1, -0.05) is 6.07 Å². The van der Waals surface area contributed by atoms with Gasteiger partial charge in [0.2, 0.25) is 0 Å². The number of fused-ring (bicyclic) bond motifs is 1. The van der Waals surface area contributed by atoms with E-state index in [9.17, 15) is 4.39 Å². The Bertz CT molecular complexity index is 751. The fourth-order valence-corrected chi connectivity index (χ4v) is 2.86. The first kappa shape index (κ1) is 20.4. The quantitative estimate of drug-likeness (QED) is 0.395. The molecular formula is C17H24FIN6O. The van der Waals surface area contributed by atoms with Crippen molar-refractivity contribution in [3.63, 3.8) is 0 Å². The minimum Gasteiger partial charge on any atom is -0.491 e. The third kappa shape index (κ3) is 5.05. The summed E-state index contributed by atoms with van der Waals surface area (Å²) in [5.74, 6) is 1.63. The predicted octanol–water partition coefficient (Wildman–Crippen LogP) is 2.11. The van der Waals surface area contributed by atoms with Gasteiger partial charge in [0.1, 0.15) is 12.2 Å². The molecule has 2 aromatic rings. The molecule has 0 amide bonds. The number of rotatable bonds is 5. The molecule has 1 aliphatic rings. The number of nitrogens with one attached hydrogen (secondary N) is 2. The van der Waals surface area contributed by atoms with Crippen molar-refractivity contribution in [1.82, 2.24) is 25.4 Å². The number of hydrogen-bond acceptors (Lipinski definition) is 4. The Labute approximate surface area is 169 Å². The highest BCUT2D eigenvalue weighted by molar-refractivity contribution is 14.0. The van der Waals surface area contributed by atoms with Crippen LogP contribution in [-0.4, -0.2) is 40.4 Å². The van der Waals surface area contributed by atoms with Gasteiger partial charge in [-0.05, 0) is 31.0 Å². The molecule has 142 valence electrons. The van der Waals surface area contributed by atoms with Crippen LogP contribution >= 0.6 is 24.0 Å². The van der Waals surface area contributed by atoms with E-state index >= 15 is 0 Å². The van der Waals surface area contributed by atoms with E-state index in [1.807, 2.05) is 17.7 Å². The Hall–Kier alpha value is -1.91. The number of aryl methyl sites for hydroxylation is 1. The smallest absolute Gasteiger partial charge is 0.191 e. The summed E-state index contributed by atoms with van der Waals surface area (Å²) in [6, 6.07) is 5.21. The maximum atomic E-state index is 13.9. The summed E-state index contributed by atoms with van der Waals surface area (Å²) < 4.78 is 21.0. The number of aromatic nitrogens is 3. The zero-order chi connectivity index (χ0) is 17.6. The SMILES string of the molecule is CCOc1ccc(CNC(=NC)NC2CCc3ncnn3C2)cc1F.I. The summed E-state index contributed by atoms with van der Waals surface area (Å²) in [5.41, 5.74) is 0.825. The van der Waals surface area contributed by atoms with Crippen molar-refractivity contribution >= 4 is 29.9 Å². The number of aliphatic imine (C=N–C) groups is 1. The van der Waals surface area contributed by atoms with Crippen molar-refractivity contribution in [3.8, 4) is 5.75 Å². The van der Waals surface area contributed by atoms with Crippen LogP contribution in [0.25, 0.3) is 0 Å². The number of hydrogen-bond donors (Lipinski definition) is 2. The van der Waals surface area contributed by atoms with Gasteiger partial charge < -0.3 is 15.4 Å². The molecule has 1 atom stereocenters. The third-order valence-corrected chi connectivity index (χ3v) is 4.13. The second-order valence-corrected chi connectivity index (χ2v) is 5.86. The molecule has 2 heterocycles. The van der Waals surface area contributed by atoms with Crippen LogP contribution in [0.4, 0.5) is 4.39 Å². The van der Waals surface area contributed by atoms with E-state index in [1.165, 1.54) is 6.07 Å². The van der Waals surface area contributed by atoms with Gasteiger partial charge in [0.25, 0.3) is 0 Å². The van der Waals surface area contributed by atoms with Gasteiger partial charge in [-0.3, -0.25) is 4.99 Å². The molecule has 0 bridgehead atoms. The Morgan fingerprint density at radius 2 is 2.31 bits per heavy atom. The average molecular weight is 474 g/mol. The van der Waals surface area contributed by atoms with E-state index in [2.05, 4.69) is 25.7 Å². The van der Waals surface area contributed by atoms with Crippen molar-refractivity contribution < 1.29 is 9.13 Å². The molecule has 1 unspecified atom stereocenters.